The van der Waals surface area contributed by atoms with Gasteiger partial charge in [-0.25, -0.2) is 4.39 Å². The second-order valence-corrected chi connectivity index (χ2v) is 4.56. The molecule has 100 valence electrons. The maximum absolute atomic E-state index is 14.1. The lowest BCUT2D eigenvalue weighted by atomic mass is 9.93. The standard InChI is InChI=1S/C16H11FO3/c1-20-12-8-4-7-11(17)13(12)14-15(18)9-5-2-3-6-10(9)16(14)19/h2-8,14H,1H3. The van der Waals surface area contributed by atoms with E-state index in [4.69, 9.17) is 4.74 Å². The molecule has 0 saturated carbocycles. The summed E-state index contributed by atoms with van der Waals surface area (Å²) in [6.07, 6.45) is 0. The van der Waals surface area contributed by atoms with Gasteiger partial charge in [0.05, 0.1) is 7.11 Å². The highest BCUT2D eigenvalue weighted by molar-refractivity contribution is 6.29. The number of ketones is 2. The molecule has 0 atom stereocenters. The second-order valence-electron chi connectivity index (χ2n) is 4.56. The number of ether oxygens (including phenoxy) is 1. The number of fused-ring (bicyclic) bond motifs is 1. The first-order valence-electron chi connectivity index (χ1n) is 6.15. The van der Waals surface area contributed by atoms with Gasteiger partial charge in [0.15, 0.2) is 11.6 Å². The molecule has 1 aliphatic carbocycles. The lowest BCUT2D eigenvalue weighted by Gasteiger charge is -2.13. The fourth-order valence-corrected chi connectivity index (χ4v) is 2.58. The van der Waals surface area contributed by atoms with Gasteiger partial charge in [0, 0.05) is 16.7 Å². The number of hydrogen-bond acceptors (Lipinski definition) is 3. The van der Waals surface area contributed by atoms with E-state index in [1.165, 1.54) is 19.2 Å². The van der Waals surface area contributed by atoms with Crippen LogP contribution in [-0.4, -0.2) is 18.7 Å². The largest absolute Gasteiger partial charge is 0.496 e. The molecule has 0 spiro atoms. The number of hydrogen-bond donors (Lipinski definition) is 0. The zero-order valence-electron chi connectivity index (χ0n) is 10.7. The summed E-state index contributed by atoms with van der Waals surface area (Å²) in [7, 11) is 1.38. The molecule has 3 rings (SSSR count). The number of carbonyl (C=O) groups is 2. The topological polar surface area (TPSA) is 43.4 Å². The van der Waals surface area contributed by atoms with Crippen molar-refractivity contribution in [3.63, 3.8) is 0 Å². The molecule has 4 heteroatoms. The van der Waals surface area contributed by atoms with Crippen LogP contribution in [0, 0.1) is 5.82 Å². The number of rotatable bonds is 2. The van der Waals surface area contributed by atoms with E-state index in [0.29, 0.717) is 11.1 Å². The Hall–Kier alpha value is -2.49. The molecule has 0 N–H and O–H groups in total. The van der Waals surface area contributed by atoms with E-state index in [1.807, 2.05) is 0 Å². The van der Waals surface area contributed by atoms with Crippen LogP contribution in [0.1, 0.15) is 32.2 Å². The van der Waals surface area contributed by atoms with Crippen molar-refractivity contribution in [1.29, 1.82) is 0 Å². The van der Waals surface area contributed by atoms with Crippen molar-refractivity contribution < 1.29 is 18.7 Å². The molecule has 1 aliphatic rings. The Morgan fingerprint density at radius 1 is 0.950 bits per heavy atom. The summed E-state index contributed by atoms with van der Waals surface area (Å²) < 4.78 is 19.2. The van der Waals surface area contributed by atoms with Gasteiger partial charge in [-0.2, -0.15) is 0 Å². The van der Waals surface area contributed by atoms with E-state index in [1.54, 1.807) is 30.3 Å². The Morgan fingerprint density at radius 3 is 2.10 bits per heavy atom. The van der Waals surface area contributed by atoms with Crippen molar-refractivity contribution in [1.82, 2.24) is 0 Å². The Morgan fingerprint density at radius 2 is 1.55 bits per heavy atom. The van der Waals surface area contributed by atoms with Crippen LogP contribution in [0.5, 0.6) is 5.75 Å². The molecule has 0 radical (unpaired) electrons. The molecule has 2 aromatic carbocycles. The minimum Gasteiger partial charge on any atom is -0.496 e. The van der Waals surface area contributed by atoms with Crippen molar-refractivity contribution in [2.45, 2.75) is 5.92 Å². The monoisotopic (exact) mass is 270 g/mol. The third kappa shape index (κ3) is 1.65. The van der Waals surface area contributed by atoms with Crippen LogP contribution >= 0.6 is 0 Å². The number of Topliss-reactive ketones (excluding diaryl/α,β-unsaturated/α-hetero) is 2. The molecule has 0 heterocycles. The number of halogens is 1. The van der Waals surface area contributed by atoms with Crippen molar-refractivity contribution >= 4 is 11.6 Å². The highest BCUT2D eigenvalue weighted by Crippen LogP contribution is 2.39. The maximum Gasteiger partial charge on any atom is 0.179 e. The first kappa shape index (κ1) is 12.5. The van der Waals surface area contributed by atoms with E-state index >= 15 is 0 Å². The molecule has 0 saturated heterocycles. The van der Waals surface area contributed by atoms with Crippen molar-refractivity contribution in [2.75, 3.05) is 7.11 Å². The SMILES string of the molecule is COc1cccc(F)c1C1C(=O)c2ccccc2C1=O. The molecule has 2 aromatic rings. The highest BCUT2D eigenvalue weighted by atomic mass is 19.1. The summed E-state index contributed by atoms with van der Waals surface area (Å²) >= 11 is 0. The molecule has 20 heavy (non-hydrogen) atoms. The van der Waals surface area contributed by atoms with Gasteiger partial charge in [0.2, 0.25) is 0 Å². The predicted molar refractivity (Wildman–Crippen MR) is 70.8 cm³/mol. The number of methoxy groups -OCH3 is 1. The smallest absolute Gasteiger partial charge is 0.179 e. The number of carbonyl (C=O) groups excluding carboxylic acids is 2. The van der Waals surface area contributed by atoms with Crippen LogP contribution in [0.15, 0.2) is 42.5 Å². The van der Waals surface area contributed by atoms with Crippen LogP contribution in [-0.2, 0) is 0 Å². The fourth-order valence-electron chi connectivity index (χ4n) is 2.58. The van der Waals surface area contributed by atoms with Gasteiger partial charge in [-0.1, -0.05) is 30.3 Å². The summed E-state index contributed by atoms with van der Waals surface area (Å²) in [6.45, 7) is 0. The molecular formula is C16H11FO3. The van der Waals surface area contributed by atoms with Crippen molar-refractivity contribution in [3.05, 3.63) is 65.0 Å². The minimum atomic E-state index is -1.15. The lowest BCUT2D eigenvalue weighted by Crippen LogP contribution is -2.15. The van der Waals surface area contributed by atoms with Crippen LogP contribution in [0.3, 0.4) is 0 Å². The minimum absolute atomic E-state index is 0.0150. The average molecular weight is 270 g/mol. The Balaban J connectivity index is 2.19. The molecule has 0 unspecified atom stereocenters. The molecule has 3 nitrogen and oxygen atoms in total. The molecule has 0 bridgehead atoms. The van der Waals surface area contributed by atoms with E-state index in [0.717, 1.165) is 0 Å². The highest BCUT2D eigenvalue weighted by Gasteiger charge is 2.42. The van der Waals surface area contributed by atoms with Gasteiger partial charge in [0.1, 0.15) is 17.5 Å². The normalized spacial score (nSPS) is 14.5. The number of benzene rings is 2. The Kier molecular flexibility index (Phi) is 2.86. The van der Waals surface area contributed by atoms with Crippen LogP contribution in [0.25, 0.3) is 0 Å². The molecule has 0 amide bonds. The molecule has 0 fully saturated rings. The summed E-state index contributed by atoms with van der Waals surface area (Å²) in [4.78, 5) is 24.8. The first-order valence-corrected chi connectivity index (χ1v) is 6.15. The summed E-state index contributed by atoms with van der Waals surface area (Å²) in [5.41, 5.74) is 0.696. The van der Waals surface area contributed by atoms with Crippen LogP contribution in [0.2, 0.25) is 0 Å². The second kappa shape index (κ2) is 4.56. The predicted octanol–water partition coefficient (Wildman–Crippen LogP) is 3.00. The average Bonchev–Trinajstić information content (AvgIpc) is 2.72. The Labute approximate surface area is 115 Å². The Bertz CT molecular complexity index is 686. The van der Waals surface area contributed by atoms with E-state index in [9.17, 15) is 14.0 Å². The van der Waals surface area contributed by atoms with Crippen LogP contribution in [0.4, 0.5) is 4.39 Å². The van der Waals surface area contributed by atoms with Gasteiger partial charge in [-0.3, -0.25) is 9.59 Å². The van der Waals surface area contributed by atoms with Gasteiger partial charge < -0.3 is 4.74 Å². The van der Waals surface area contributed by atoms with Gasteiger partial charge >= 0.3 is 0 Å². The van der Waals surface area contributed by atoms with E-state index < -0.39 is 11.7 Å². The molecule has 0 aromatic heterocycles. The van der Waals surface area contributed by atoms with E-state index in [-0.39, 0.29) is 22.9 Å². The molecular weight excluding hydrogens is 259 g/mol. The maximum atomic E-state index is 14.1. The van der Waals surface area contributed by atoms with Crippen molar-refractivity contribution in [2.24, 2.45) is 0 Å². The zero-order chi connectivity index (χ0) is 14.3. The quantitative estimate of drug-likeness (QED) is 0.788. The zero-order valence-corrected chi connectivity index (χ0v) is 10.7. The summed E-state index contributed by atoms with van der Waals surface area (Å²) in [5, 5.41) is 0. The summed E-state index contributed by atoms with van der Waals surface area (Å²) in [5.74, 6) is -2.31. The van der Waals surface area contributed by atoms with E-state index in [2.05, 4.69) is 0 Å². The summed E-state index contributed by atoms with van der Waals surface area (Å²) in [6, 6.07) is 10.8. The molecule has 0 aliphatic heterocycles. The fraction of sp³-hybridized carbons (Fsp3) is 0.125. The van der Waals surface area contributed by atoms with Gasteiger partial charge in [-0.05, 0) is 12.1 Å². The van der Waals surface area contributed by atoms with Gasteiger partial charge in [-0.15, -0.1) is 0 Å². The third-order valence-corrected chi connectivity index (χ3v) is 3.50. The first-order chi connectivity index (χ1) is 9.65. The van der Waals surface area contributed by atoms with Gasteiger partial charge in [0.25, 0.3) is 0 Å². The third-order valence-electron chi connectivity index (χ3n) is 3.50. The van der Waals surface area contributed by atoms with Crippen LogP contribution < -0.4 is 4.74 Å². The van der Waals surface area contributed by atoms with Crippen molar-refractivity contribution in [3.8, 4) is 5.75 Å². The lowest BCUT2D eigenvalue weighted by molar-refractivity contribution is 0.0886.